The Morgan fingerprint density at radius 3 is 2.88 bits per heavy atom. The van der Waals surface area contributed by atoms with Crippen LogP contribution in [-0.4, -0.2) is 16.1 Å². The lowest BCUT2D eigenvalue weighted by molar-refractivity contribution is 0.102. The Morgan fingerprint density at radius 2 is 2.24 bits per heavy atom. The predicted octanol–water partition coefficient (Wildman–Crippen LogP) is 2.53. The van der Waals surface area contributed by atoms with Gasteiger partial charge in [-0.15, -0.1) is 0 Å². The van der Waals surface area contributed by atoms with Gasteiger partial charge in [-0.05, 0) is 37.1 Å². The van der Waals surface area contributed by atoms with Gasteiger partial charge in [0, 0.05) is 11.4 Å². The first-order valence-electron chi connectivity index (χ1n) is 5.61. The van der Waals surface area contributed by atoms with E-state index >= 15 is 0 Å². The molecule has 0 spiro atoms. The molecule has 0 fully saturated rings. The van der Waals surface area contributed by atoms with Gasteiger partial charge in [0.1, 0.15) is 0 Å². The Hall–Kier alpha value is -2.10. The number of nitrogens with zero attached hydrogens (tertiary/aromatic N) is 1. The van der Waals surface area contributed by atoms with Crippen molar-refractivity contribution in [3.8, 4) is 0 Å². The van der Waals surface area contributed by atoms with Crippen molar-refractivity contribution < 1.29 is 4.79 Å². The van der Waals surface area contributed by atoms with Gasteiger partial charge in [-0.2, -0.15) is 5.10 Å². The van der Waals surface area contributed by atoms with Crippen molar-refractivity contribution in [2.24, 2.45) is 0 Å². The average Bonchev–Trinajstić information content (AvgIpc) is 2.77. The molecule has 17 heavy (non-hydrogen) atoms. The van der Waals surface area contributed by atoms with Crippen LogP contribution in [-0.2, 0) is 6.42 Å². The van der Waals surface area contributed by atoms with E-state index in [2.05, 4.69) is 15.5 Å². The van der Waals surface area contributed by atoms with Gasteiger partial charge in [-0.1, -0.05) is 19.1 Å². The number of hydrogen-bond acceptors (Lipinski definition) is 2. The standard InChI is InChI=1S/C13H15N3O/c1-3-10-8-12(16-15-10)13(17)14-11-6-4-5-9(2)7-11/h4-8H,3H2,1-2H3,(H,14,17)(H,15,16). The Morgan fingerprint density at radius 1 is 1.41 bits per heavy atom. The number of anilines is 1. The van der Waals surface area contributed by atoms with Crippen molar-refractivity contribution in [3.05, 3.63) is 47.3 Å². The minimum absolute atomic E-state index is 0.188. The Labute approximate surface area is 100 Å². The third-order valence-electron chi connectivity index (χ3n) is 2.52. The SMILES string of the molecule is CCc1cc(C(=O)Nc2cccc(C)c2)n[nH]1. The van der Waals surface area contributed by atoms with Gasteiger partial charge in [-0.25, -0.2) is 0 Å². The van der Waals surface area contributed by atoms with E-state index in [1.54, 1.807) is 6.07 Å². The minimum Gasteiger partial charge on any atom is -0.321 e. The van der Waals surface area contributed by atoms with Gasteiger partial charge in [-0.3, -0.25) is 9.89 Å². The summed E-state index contributed by atoms with van der Waals surface area (Å²) in [5.41, 5.74) is 3.28. The number of aromatic nitrogens is 2. The van der Waals surface area contributed by atoms with E-state index in [1.807, 2.05) is 38.1 Å². The quantitative estimate of drug-likeness (QED) is 0.849. The number of aryl methyl sites for hydroxylation is 2. The molecule has 1 aromatic heterocycles. The van der Waals surface area contributed by atoms with E-state index < -0.39 is 0 Å². The highest BCUT2D eigenvalue weighted by molar-refractivity contribution is 6.02. The molecular weight excluding hydrogens is 214 g/mol. The second-order valence-corrected chi connectivity index (χ2v) is 3.96. The van der Waals surface area contributed by atoms with Crippen LogP contribution in [0.15, 0.2) is 30.3 Å². The molecule has 2 aromatic rings. The summed E-state index contributed by atoms with van der Waals surface area (Å²) >= 11 is 0. The second-order valence-electron chi connectivity index (χ2n) is 3.96. The molecule has 0 aliphatic heterocycles. The number of carbonyl (C=O) groups is 1. The zero-order chi connectivity index (χ0) is 12.3. The number of hydrogen-bond donors (Lipinski definition) is 2. The fourth-order valence-electron chi connectivity index (χ4n) is 1.58. The monoisotopic (exact) mass is 229 g/mol. The maximum Gasteiger partial charge on any atom is 0.276 e. The summed E-state index contributed by atoms with van der Waals surface area (Å²) in [4.78, 5) is 11.9. The first-order chi connectivity index (χ1) is 8.19. The first-order valence-corrected chi connectivity index (χ1v) is 5.61. The molecule has 0 saturated carbocycles. The molecule has 2 rings (SSSR count). The van der Waals surface area contributed by atoms with Gasteiger partial charge in [0.2, 0.25) is 0 Å². The van der Waals surface area contributed by atoms with Gasteiger partial charge in [0.15, 0.2) is 5.69 Å². The highest BCUT2D eigenvalue weighted by atomic mass is 16.1. The lowest BCUT2D eigenvalue weighted by Crippen LogP contribution is -2.12. The van der Waals surface area contributed by atoms with Crippen LogP contribution in [0.3, 0.4) is 0 Å². The molecule has 0 bridgehead atoms. The molecule has 0 aliphatic rings. The molecule has 88 valence electrons. The van der Waals surface area contributed by atoms with Crippen LogP contribution in [0.4, 0.5) is 5.69 Å². The lowest BCUT2D eigenvalue weighted by Gasteiger charge is -2.03. The Bertz CT molecular complexity index is 531. The Kier molecular flexibility index (Phi) is 3.23. The van der Waals surface area contributed by atoms with Gasteiger partial charge >= 0.3 is 0 Å². The topological polar surface area (TPSA) is 57.8 Å². The normalized spacial score (nSPS) is 10.2. The van der Waals surface area contributed by atoms with Crippen molar-refractivity contribution in [2.75, 3.05) is 5.32 Å². The Balaban J connectivity index is 2.11. The molecule has 0 radical (unpaired) electrons. The van der Waals surface area contributed by atoms with Crippen LogP contribution in [0, 0.1) is 6.92 Å². The van der Waals surface area contributed by atoms with E-state index in [4.69, 9.17) is 0 Å². The van der Waals surface area contributed by atoms with Crippen LogP contribution in [0.5, 0.6) is 0 Å². The number of H-pyrrole nitrogens is 1. The zero-order valence-electron chi connectivity index (χ0n) is 9.95. The van der Waals surface area contributed by atoms with Crippen LogP contribution >= 0.6 is 0 Å². The van der Waals surface area contributed by atoms with E-state index in [1.165, 1.54) is 0 Å². The largest absolute Gasteiger partial charge is 0.321 e. The molecule has 0 aliphatic carbocycles. The lowest BCUT2D eigenvalue weighted by atomic mass is 10.2. The molecule has 0 unspecified atom stereocenters. The maximum atomic E-state index is 11.9. The predicted molar refractivity (Wildman–Crippen MR) is 67.1 cm³/mol. The number of benzene rings is 1. The van der Waals surface area contributed by atoms with Crippen LogP contribution in [0.25, 0.3) is 0 Å². The third kappa shape index (κ3) is 2.72. The van der Waals surface area contributed by atoms with Crippen molar-refractivity contribution in [3.63, 3.8) is 0 Å². The fraction of sp³-hybridized carbons (Fsp3) is 0.231. The van der Waals surface area contributed by atoms with Crippen LogP contribution in [0.2, 0.25) is 0 Å². The number of nitrogens with one attached hydrogen (secondary N) is 2. The molecule has 4 nitrogen and oxygen atoms in total. The smallest absolute Gasteiger partial charge is 0.276 e. The molecule has 4 heteroatoms. The summed E-state index contributed by atoms with van der Waals surface area (Å²) in [5.74, 6) is -0.188. The number of rotatable bonds is 3. The van der Waals surface area contributed by atoms with Crippen molar-refractivity contribution in [1.82, 2.24) is 10.2 Å². The number of amides is 1. The molecule has 0 atom stereocenters. The molecular formula is C13H15N3O. The maximum absolute atomic E-state index is 11.9. The van der Waals surface area contributed by atoms with Gasteiger partial charge in [0.25, 0.3) is 5.91 Å². The first kappa shape index (κ1) is 11.4. The van der Waals surface area contributed by atoms with E-state index in [9.17, 15) is 4.79 Å². The fourth-order valence-corrected chi connectivity index (χ4v) is 1.58. The summed E-state index contributed by atoms with van der Waals surface area (Å²) in [6.45, 7) is 4.00. The summed E-state index contributed by atoms with van der Waals surface area (Å²) in [5, 5.41) is 9.61. The van der Waals surface area contributed by atoms with Gasteiger partial charge < -0.3 is 5.32 Å². The summed E-state index contributed by atoms with van der Waals surface area (Å²) in [7, 11) is 0. The highest BCUT2D eigenvalue weighted by Gasteiger charge is 2.09. The minimum atomic E-state index is -0.188. The molecule has 1 amide bonds. The van der Waals surface area contributed by atoms with E-state index in [0.717, 1.165) is 23.4 Å². The molecule has 1 aromatic carbocycles. The number of carbonyl (C=O) groups excluding carboxylic acids is 1. The van der Waals surface area contributed by atoms with Crippen molar-refractivity contribution in [2.45, 2.75) is 20.3 Å². The molecule has 0 saturated heterocycles. The van der Waals surface area contributed by atoms with Crippen LogP contribution < -0.4 is 5.32 Å². The molecule has 1 heterocycles. The summed E-state index contributed by atoms with van der Waals surface area (Å²) in [6, 6.07) is 9.45. The molecule has 2 N–H and O–H groups in total. The zero-order valence-corrected chi connectivity index (χ0v) is 9.95. The average molecular weight is 229 g/mol. The van der Waals surface area contributed by atoms with E-state index in [0.29, 0.717) is 5.69 Å². The van der Waals surface area contributed by atoms with Gasteiger partial charge in [0.05, 0.1) is 0 Å². The van der Waals surface area contributed by atoms with E-state index in [-0.39, 0.29) is 5.91 Å². The number of aromatic amines is 1. The highest BCUT2D eigenvalue weighted by Crippen LogP contribution is 2.11. The van der Waals surface area contributed by atoms with Crippen LogP contribution in [0.1, 0.15) is 28.7 Å². The van der Waals surface area contributed by atoms with Crippen molar-refractivity contribution in [1.29, 1.82) is 0 Å². The third-order valence-corrected chi connectivity index (χ3v) is 2.52. The summed E-state index contributed by atoms with van der Waals surface area (Å²) < 4.78 is 0. The second kappa shape index (κ2) is 4.82. The summed E-state index contributed by atoms with van der Waals surface area (Å²) in [6.07, 6.45) is 0.838. The van der Waals surface area contributed by atoms with Crippen molar-refractivity contribution >= 4 is 11.6 Å².